The van der Waals surface area contributed by atoms with E-state index in [1.165, 1.54) is 5.56 Å². The Hall–Kier alpha value is -4.62. The zero-order valence-corrected chi connectivity index (χ0v) is 24.4. The van der Waals surface area contributed by atoms with Crippen LogP contribution in [0, 0.1) is 20.8 Å². The molecule has 3 aromatic carbocycles. The molecular weight excluding hydrogens is 528 g/mol. The van der Waals surface area contributed by atoms with Crippen LogP contribution >= 0.6 is 12.2 Å². The van der Waals surface area contributed by atoms with Gasteiger partial charge < -0.3 is 24.3 Å². The minimum atomic E-state index is -0.133. The summed E-state index contributed by atoms with van der Waals surface area (Å²) < 4.78 is 14.0. The van der Waals surface area contributed by atoms with Crippen molar-refractivity contribution in [3.63, 3.8) is 0 Å². The van der Waals surface area contributed by atoms with Crippen LogP contribution in [0.1, 0.15) is 40.3 Å². The molecule has 2 atom stereocenters. The Morgan fingerprint density at radius 1 is 0.805 bits per heavy atom. The standard InChI is InChI=1S/C34H32N4O2S/c1-22-10-5-6-14-31(22)40-27-17-15-25(16-18-27)38-33(32(36-34(38)41)30-13-7-8-19-35-30)29-20-23(2)37(24(29)3)26-11-9-12-28(21-26)39-4/h5-21,32-33H,1-4H3,(H,36,41)/t32-,33-/m1/s1. The molecule has 6 nitrogen and oxygen atoms in total. The van der Waals surface area contributed by atoms with Gasteiger partial charge in [-0.15, -0.1) is 0 Å². The van der Waals surface area contributed by atoms with Crippen molar-refractivity contribution in [3.05, 3.63) is 131 Å². The Kier molecular flexibility index (Phi) is 7.20. The summed E-state index contributed by atoms with van der Waals surface area (Å²) in [6.07, 6.45) is 1.83. The molecule has 1 aliphatic rings. The van der Waals surface area contributed by atoms with Crippen LogP contribution in [0.4, 0.5) is 5.69 Å². The number of nitrogens with one attached hydrogen (secondary N) is 1. The van der Waals surface area contributed by atoms with Gasteiger partial charge in [0.2, 0.25) is 0 Å². The SMILES string of the molecule is COc1cccc(-n2c(C)cc([C@@H]3[C@@H](c4ccccn4)NC(=S)N3c3ccc(Oc4ccccc4C)cc3)c2C)c1. The molecule has 0 aliphatic carbocycles. The minimum Gasteiger partial charge on any atom is -0.497 e. The first-order valence-electron chi connectivity index (χ1n) is 13.6. The maximum absolute atomic E-state index is 6.17. The summed E-state index contributed by atoms with van der Waals surface area (Å²) in [5.74, 6) is 2.44. The van der Waals surface area contributed by atoms with Crippen molar-refractivity contribution in [1.29, 1.82) is 0 Å². The number of nitrogens with zero attached hydrogens (tertiary/aromatic N) is 3. The lowest BCUT2D eigenvalue weighted by atomic mass is 9.96. The van der Waals surface area contributed by atoms with Gasteiger partial charge in [-0.1, -0.05) is 30.3 Å². The van der Waals surface area contributed by atoms with Crippen molar-refractivity contribution >= 4 is 23.0 Å². The zero-order chi connectivity index (χ0) is 28.5. The molecule has 41 heavy (non-hydrogen) atoms. The average Bonchev–Trinajstić information content (AvgIpc) is 3.49. The van der Waals surface area contributed by atoms with E-state index in [2.05, 4.69) is 65.0 Å². The molecule has 0 spiro atoms. The van der Waals surface area contributed by atoms with Crippen LogP contribution in [0.15, 0.2) is 103 Å². The van der Waals surface area contributed by atoms with Gasteiger partial charge in [0.1, 0.15) is 17.2 Å². The molecule has 1 aliphatic heterocycles. The van der Waals surface area contributed by atoms with Crippen LogP contribution in [0.2, 0.25) is 0 Å². The van der Waals surface area contributed by atoms with Gasteiger partial charge in [0.05, 0.1) is 24.9 Å². The normalized spacial score (nSPS) is 16.5. The number of pyridine rings is 1. The first kappa shape index (κ1) is 26.6. The lowest BCUT2D eigenvalue weighted by molar-refractivity contribution is 0.414. The van der Waals surface area contributed by atoms with E-state index in [0.29, 0.717) is 5.11 Å². The van der Waals surface area contributed by atoms with Crippen molar-refractivity contribution in [2.24, 2.45) is 0 Å². The molecule has 3 heterocycles. The van der Waals surface area contributed by atoms with Crippen molar-refractivity contribution in [1.82, 2.24) is 14.9 Å². The highest BCUT2D eigenvalue weighted by atomic mass is 32.1. The van der Waals surface area contributed by atoms with Crippen molar-refractivity contribution in [3.8, 4) is 22.9 Å². The van der Waals surface area contributed by atoms with E-state index in [1.807, 2.05) is 73.8 Å². The van der Waals surface area contributed by atoms with Gasteiger partial charge in [-0.3, -0.25) is 4.98 Å². The maximum atomic E-state index is 6.17. The summed E-state index contributed by atoms with van der Waals surface area (Å²) >= 11 is 5.97. The fourth-order valence-corrected chi connectivity index (χ4v) is 6.00. The Balaban J connectivity index is 1.42. The van der Waals surface area contributed by atoms with Gasteiger partial charge in [0.25, 0.3) is 0 Å². The van der Waals surface area contributed by atoms with Gasteiger partial charge in [0.15, 0.2) is 5.11 Å². The number of rotatable bonds is 7. The molecule has 0 saturated carbocycles. The van der Waals surface area contributed by atoms with E-state index in [9.17, 15) is 0 Å². The Morgan fingerprint density at radius 3 is 2.32 bits per heavy atom. The highest BCUT2D eigenvalue weighted by Gasteiger charge is 2.42. The molecule has 1 saturated heterocycles. The summed E-state index contributed by atoms with van der Waals surface area (Å²) in [6.45, 7) is 6.34. The molecule has 0 bridgehead atoms. The second-order valence-corrected chi connectivity index (χ2v) is 10.6. The van der Waals surface area contributed by atoms with Gasteiger partial charge >= 0.3 is 0 Å². The van der Waals surface area contributed by atoms with Crippen LogP contribution in [0.3, 0.4) is 0 Å². The molecule has 7 heteroatoms. The number of para-hydroxylation sites is 1. The molecule has 1 N–H and O–H groups in total. The van der Waals surface area contributed by atoms with Crippen molar-refractivity contribution in [2.75, 3.05) is 12.0 Å². The van der Waals surface area contributed by atoms with E-state index < -0.39 is 0 Å². The van der Waals surface area contributed by atoms with Crippen molar-refractivity contribution < 1.29 is 9.47 Å². The lowest BCUT2D eigenvalue weighted by Crippen LogP contribution is -2.29. The number of ether oxygens (including phenoxy) is 2. The first-order valence-corrected chi connectivity index (χ1v) is 14.0. The lowest BCUT2D eigenvalue weighted by Gasteiger charge is -2.28. The largest absolute Gasteiger partial charge is 0.497 e. The third-order valence-electron chi connectivity index (χ3n) is 7.63. The number of benzene rings is 3. The van der Waals surface area contributed by atoms with Crippen LogP contribution in [-0.2, 0) is 0 Å². The number of thiocarbonyl (C=S) groups is 1. The quantitative estimate of drug-likeness (QED) is 0.205. The molecule has 5 aromatic rings. The number of hydrogen-bond acceptors (Lipinski definition) is 4. The molecule has 206 valence electrons. The second kappa shape index (κ2) is 11.1. The van der Waals surface area contributed by atoms with E-state index in [-0.39, 0.29) is 12.1 Å². The first-order chi connectivity index (χ1) is 19.9. The molecule has 0 amide bonds. The predicted octanol–water partition coefficient (Wildman–Crippen LogP) is 7.78. The molecular formula is C34H32N4O2S. The molecule has 2 aromatic heterocycles. The van der Waals surface area contributed by atoms with Crippen LogP contribution in [0.25, 0.3) is 5.69 Å². The number of hydrogen-bond donors (Lipinski definition) is 1. The number of anilines is 1. The molecule has 6 rings (SSSR count). The van der Waals surface area contributed by atoms with Crippen LogP contribution < -0.4 is 19.7 Å². The Morgan fingerprint density at radius 2 is 1.59 bits per heavy atom. The topological polar surface area (TPSA) is 51.5 Å². The fraction of sp³-hybridized carbons (Fsp3) is 0.176. The van der Waals surface area contributed by atoms with Crippen molar-refractivity contribution in [2.45, 2.75) is 32.9 Å². The van der Waals surface area contributed by atoms with Gasteiger partial charge in [-0.05, 0) is 105 Å². The zero-order valence-electron chi connectivity index (χ0n) is 23.5. The van der Waals surface area contributed by atoms with Crippen LogP contribution in [-0.4, -0.2) is 21.8 Å². The van der Waals surface area contributed by atoms with Gasteiger partial charge in [-0.25, -0.2) is 0 Å². The minimum absolute atomic E-state index is 0.119. The highest BCUT2D eigenvalue weighted by molar-refractivity contribution is 7.80. The predicted molar refractivity (Wildman–Crippen MR) is 167 cm³/mol. The summed E-state index contributed by atoms with van der Waals surface area (Å²) in [7, 11) is 1.69. The monoisotopic (exact) mass is 560 g/mol. The Labute approximate surface area is 246 Å². The Bertz CT molecular complexity index is 1700. The van der Waals surface area contributed by atoms with Gasteiger partial charge in [-0.2, -0.15) is 0 Å². The fourth-order valence-electron chi connectivity index (χ4n) is 5.66. The summed E-state index contributed by atoms with van der Waals surface area (Å²) in [4.78, 5) is 6.91. The summed E-state index contributed by atoms with van der Waals surface area (Å²) in [5.41, 5.74) is 7.50. The molecule has 0 radical (unpaired) electrons. The second-order valence-electron chi connectivity index (χ2n) is 10.2. The third kappa shape index (κ3) is 5.05. The smallest absolute Gasteiger partial charge is 0.174 e. The van der Waals surface area contributed by atoms with Crippen LogP contribution in [0.5, 0.6) is 17.2 Å². The third-order valence-corrected chi connectivity index (χ3v) is 7.95. The number of aryl methyl sites for hydroxylation is 2. The van der Waals surface area contributed by atoms with E-state index in [4.69, 9.17) is 26.7 Å². The average molecular weight is 561 g/mol. The number of methoxy groups -OCH3 is 1. The van der Waals surface area contributed by atoms with E-state index in [1.54, 1.807) is 7.11 Å². The summed E-state index contributed by atoms with van der Waals surface area (Å²) in [6, 6.07) is 32.3. The molecule has 0 unspecified atom stereocenters. The highest BCUT2D eigenvalue weighted by Crippen LogP contribution is 2.44. The maximum Gasteiger partial charge on any atom is 0.174 e. The van der Waals surface area contributed by atoms with E-state index >= 15 is 0 Å². The molecule has 1 fully saturated rings. The number of aromatic nitrogens is 2. The van der Waals surface area contributed by atoms with Gasteiger partial charge in [0, 0.05) is 35.0 Å². The summed E-state index contributed by atoms with van der Waals surface area (Å²) in [5, 5.41) is 4.23. The van der Waals surface area contributed by atoms with E-state index in [0.717, 1.165) is 51.3 Å².